The molecule has 1 aliphatic carbocycles. The lowest BCUT2D eigenvalue weighted by molar-refractivity contribution is 0.0960. The SMILES string of the molecule is CNC(=O)c1cccc(Nc2c(N[C@@H]3CCCC[C@H]3O)c(=O)c2=O)c1O. The Hall–Kier alpha value is -2.87. The molecule has 0 heterocycles. The monoisotopic (exact) mass is 359 g/mol. The number of aliphatic hydroxyl groups is 1. The van der Waals surface area contributed by atoms with E-state index in [9.17, 15) is 24.6 Å². The summed E-state index contributed by atoms with van der Waals surface area (Å²) < 4.78 is 0. The van der Waals surface area contributed by atoms with Gasteiger partial charge in [0.1, 0.15) is 11.4 Å². The van der Waals surface area contributed by atoms with Gasteiger partial charge in [-0.3, -0.25) is 14.4 Å². The maximum atomic E-state index is 12.0. The Balaban J connectivity index is 1.86. The van der Waals surface area contributed by atoms with Crippen molar-refractivity contribution in [1.29, 1.82) is 0 Å². The van der Waals surface area contributed by atoms with Crippen LogP contribution in [-0.2, 0) is 0 Å². The number of phenols is 1. The molecule has 8 nitrogen and oxygen atoms in total. The number of aliphatic hydroxyl groups excluding tert-OH is 1. The number of aromatic hydroxyl groups is 1. The predicted molar refractivity (Wildman–Crippen MR) is 98.0 cm³/mol. The van der Waals surface area contributed by atoms with E-state index in [1.165, 1.54) is 19.2 Å². The number of nitrogens with one attached hydrogen (secondary N) is 3. The first-order valence-electron chi connectivity index (χ1n) is 8.53. The molecule has 8 heteroatoms. The molecule has 0 unspecified atom stereocenters. The minimum atomic E-state index is -0.706. The van der Waals surface area contributed by atoms with Crippen molar-refractivity contribution >= 4 is 23.0 Å². The first-order valence-corrected chi connectivity index (χ1v) is 8.53. The van der Waals surface area contributed by atoms with Crippen molar-refractivity contribution < 1.29 is 15.0 Å². The third-order valence-corrected chi connectivity index (χ3v) is 4.74. The third kappa shape index (κ3) is 3.15. The second kappa shape index (κ2) is 7.17. The van der Waals surface area contributed by atoms with E-state index in [4.69, 9.17) is 0 Å². The van der Waals surface area contributed by atoms with Crippen LogP contribution in [0.1, 0.15) is 36.0 Å². The van der Waals surface area contributed by atoms with Crippen LogP contribution in [-0.4, -0.2) is 35.3 Å². The van der Waals surface area contributed by atoms with E-state index >= 15 is 0 Å². The molecule has 138 valence electrons. The molecule has 0 bridgehead atoms. The van der Waals surface area contributed by atoms with E-state index < -0.39 is 22.9 Å². The molecular weight excluding hydrogens is 338 g/mol. The number of anilines is 3. The number of phenolic OH excluding ortho intramolecular Hbond substituents is 1. The average Bonchev–Trinajstić information content (AvgIpc) is 2.66. The fraction of sp³-hybridized carbons (Fsp3) is 0.389. The number of rotatable bonds is 5. The molecule has 2 atom stereocenters. The minimum absolute atomic E-state index is 0.0251. The molecule has 1 aliphatic rings. The van der Waals surface area contributed by atoms with Gasteiger partial charge < -0.3 is 26.2 Å². The molecular formula is C18H21N3O5. The van der Waals surface area contributed by atoms with E-state index in [0.29, 0.717) is 12.8 Å². The molecule has 1 saturated carbocycles. The van der Waals surface area contributed by atoms with Gasteiger partial charge in [-0.05, 0) is 25.0 Å². The second-order valence-electron chi connectivity index (χ2n) is 6.42. The highest BCUT2D eigenvalue weighted by Crippen LogP contribution is 2.32. The van der Waals surface area contributed by atoms with Crippen molar-refractivity contribution in [1.82, 2.24) is 5.32 Å². The fourth-order valence-electron chi connectivity index (χ4n) is 3.21. The van der Waals surface area contributed by atoms with Gasteiger partial charge in [0.25, 0.3) is 16.8 Å². The van der Waals surface area contributed by atoms with E-state index in [1.54, 1.807) is 6.07 Å². The number of hydrogen-bond donors (Lipinski definition) is 5. The summed E-state index contributed by atoms with van der Waals surface area (Å²) in [6.07, 6.45) is 2.63. The van der Waals surface area contributed by atoms with Crippen LogP contribution >= 0.6 is 0 Å². The maximum Gasteiger partial charge on any atom is 0.254 e. The number of hydrogen-bond acceptors (Lipinski definition) is 7. The molecule has 2 aromatic rings. The second-order valence-corrected chi connectivity index (χ2v) is 6.42. The van der Waals surface area contributed by atoms with E-state index in [0.717, 1.165) is 12.8 Å². The van der Waals surface area contributed by atoms with Crippen LogP contribution in [0.3, 0.4) is 0 Å². The standard InChI is InChI=1S/C18H21N3O5/c1-19-18(26)9-5-4-7-11(15(9)23)21-14-13(16(24)17(14)25)20-10-6-2-3-8-12(10)22/h4-5,7,10,12,20-23H,2-3,6,8H2,1H3,(H,19,26)/t10-,12-/m1/s1. The van der Waals surface area contributed by atoms with Gasteiger partial charge in [-0.2, -0.15) is 0 Å². The Morgan fingerprint density at radius 2 is 1.81 bits per heavy atom. The van der Waals surface area contributed by atoms with Crippen molar-refractivity contribution in [2.75, 3.05) is 17.7 Å². The summed E-state index contributed by atoms with van der Waals surface area (Å²) in [7, 11) is 1.44. The van der Waals surface area contributed by atoms with Crippen molar-refractivity contribution in [2.24, 2.45) is 0 Å². The summed E-state index contributed by atoms with van der Waals surface area (Å²) in [5.74, 6) is -0.789. The number of benzene rings is 1. The lowest BCUT2D eigenvalue weighted by Crippen LogP contribution is -2.43. The van der Waals surface area contributed by atoms with Gasteiger partial charge in [0.15, 0.2) is 5.75 Å². The maximum absolute atomic E-state index is 12.0. The Morgan fingerprint density at radius 1 is 1.12 bits per heavy atom. The summed E-state index contributed by atoms with van der Waals surface area (Å²) in [5, 5.41) is 28.4. The zero-order valence-electron chi connectivity index (χ0n) is 14.3. The highest BCUT2D eigenvalue weighted by atomic mass is 16.3. The summed E-state index contributed by atoms with van der Waals surface area (Å²) in [4.78, 5) is 35.6. The Kier molecular flexibility index (Phi) is 4.94. The zero-order valence-corrected chi connectivity index (χ0v) is 14.3. The number of amides is 1. The van der Waals surface area contributed by atoms with Crippen LogP contribution in [0.4, 0.5) is 17.1 Å². The zero-order chi connectivity index (χ0) is 18.8. The molecule has 1 amide bonds. The van der Waals surface area contributed by atoms with Crippen LogP contribution < -0.4 is 26.8 Å². The van der Waals surface area contributed by atoms with Gasteiger partial charge >= 0.3 is 0 Å². The molecule has 0 saturated heterocycles. The van der Waals surface area contributed by atoms with Crippen molar-refractivity contribution in [3.05, 3.63) is 44.2 Å². The van der Waals surface area contributed by atoms with Crippen LogP contribution in [0, 0.1) is 0 Å². The molecule has 0 aliphatic heterocycles. The summed E-state index contributed by atoms with van der Waals surface area (Å²) >= 11 is 0. The molecule has 0 spiro atoms. The first-order chi connectivity index (χ1) is 12.4. The fourth-order valence-corrected chi connectivity index (χ4v) is 3.21. The third-order valence-electron chi connectivity index (χ3n) is 4.74. The van der Waals surface area contributed by atoms with Crippen molar-refractivity contribution in [3.63, 3.8) is 0 Å². The van der Waals surface area contributed by atoms with Gasteiger partial charge in [0.2, 0.25) is 0 Å². The lowest BCUT2D eigenvalue weighted by Gasteiger charge is -2.30. The number of para-hydroxylation sites is 1. The van der Waals surface area contributed by atoms with Gasteiger partial charge in [-0.15, -0.1) is 0 Å². The first kappa shape index (κ1) is 17.9. The molecule has 26 heavy (non-hydrogen) atoms. The normalized spacial score (nSPS) is 19.9. The number of carbonyl (C=O) groups excluding carboxylic acids is 1. The van der Waals surface area contributed by atoms with E-state index in [1.807, 2.05) is 0 Å². The molecule has 5 N–H and O–H groups in total. The van der Waals surface area contributed by atoms with Crippen molar-refractivity contribution in [3.8, 4) is 5.75 Å². The smallest absolute Gasteiger partial charge is 0.254 e. The van der Waals surface area contributed by atoms with Crippen LogP contribution in [0.15, 0.2) is 27.8 Å². The largest absolute Gasteiger partial charge is 0.505 e. The average molecular weight is 359 g/mol. The van der Waals surface area contributed by atoms with Crippen LogP contribution in [0.5, 0.6) is 5.75 Å². The predicted octanol–water partition coefficient (Wildman–Crippen LogP) is 0.807. The minimum Gasteiger partial charge on any atom is -0.505 e. The molecule has 2 aromatic carbocycles. The summed E-state index contributed by atoms with van der Waals surface area (Å²) in [6.45, 7) is 0. The highest BCUT2D eigenvalue weighted by Gasteiger charge is 2.29. The van der Waals surface area contributed by atoms with E-state index in [-0.39, 0.29) is 34.4 Å². The van der Waals surface area contributed by atoms with Crippen LogP contribution in [0.2, 0.25) is 0 Å². The van der Waals surface area contributed by atoms with Gasteiger partial charge in [0.05, 0.1) is 23.4 Å². The molecule has 0 aromatic heterocycles. The molecule has 0 radical (unpaired) electrons. The van der Waals surface area contributed by atoms with Crippen molar-refractivity contribution in [2.45, 2.75) is 37.8 Å². The molecule has 3 rings (SSSR count). The van der Waals surface area contributed by atoms with E-state index in [2.05, 4.69) is 16.0 Å². The lowest BCUT2D eigenvalue weighted by atomic mass is 9.92. The summed E-state index contributed by atoms with van der Waals surface area (Å²) in [6, 6.07) is 4.20. The Bertz CT molecular complexity index is 901. The Morgan fingerprint density at radius 3 is 2.50 bits per heavy atom. The Labute approximate surface area is 149 Å². The quantitative estimate of drug-likeness (QED) is 0.395. The van der Waals surface area contributed by atoms with Crippen LogP contribution in [0.25, 0.3) is 0 Å². The topological polar surface area (TPSA) is 128 Å². The highest BCUT2D eigenvalue weighted by molar-refractivity contribution is 5.99. The number of carbonyl (C=O) groups is 1. The summed E-state index contributed by atoms with van der Waals surface area (Å²) in [5.41, 5.74) is -1.04. The molecule has 1 fully saturated rings. The van der Waals surface area contributed by atoms with Gasteiger partial charge in [0, 0.05) is 7.05 Å². The van der Waals surface area contributed by atoms with Gasteiger partial charge in [-0.1, -0.05) is 18.9 Å². The van der Waals surface area contributed by atoms with Gasteiger partial charge in [-0.25, -0.2) is 0 Å².